The number of nitrogens with zero attached hydrogens (tertiary/aromatic N) is 2. The molecule has 1 aromatic rings. The van der Waals surface area contributed by atoms with Crippen molar-refractivity contribution in [1.29, 1.82) is 0 Å². The van der Waals surface area contributed by atoms with Crippen molar-refractivity contribution < 1.29 is 19.1 Å². The topological polar surface area (TPSA) is 79.0 Å². The van der Waals surface area contributed by atoms with Crippen LogP contribution in [-0.2, 0) is 20.9 Å². The van der Waals surface area contributed by atoms with E-state index in [1.54, 1.807) is 31.2 Å². The number of carbonyl (C=O) groups excluding carboxylic acids is 3. The summed E-state index contributed by atoms with van der Waals surface area (Å²) in [6.07, 6.45) is -0.392. The van der Waals surface area contributed by atoms with Gasteiger partial charge in [0.15, 0.2) is 0 Å². The molecule has 0 atom stereocenters. The zero-order valence-electron chi connectivity index (χ0n) is 13.5. The molecule has 130 valence electrons. The summed E-state index contributed by atoms with van der Waals surface area (Å²) in [4.78, 5) is 38.7. The van der Waals surface area contributed by atoms with Gasteiger partial charge in [-0.1, -0.05) is 23.7 Å². The van der Waals surface area contributed by atoms with Crippen LogP contribution in [0.4, 0.5) is 4.79 Å². The highest BCUT2D eigenvalue weighted by Crippen LogP contribution is 2.09. The fourth-order valence-electron chi connectivity index (χ4n) is 2.31. The number of ether oxygens (including phenoxy) is 1. The lowest BCUT2D eigenvalue weighted by molar-refractivity contribution is -0.146. The highest BCUT2D eigenvalue weighted by Gasteiger charge is 2.28. The second-order valence-corrected chi connectivity index (χ2v) is 5.72. The van der Waals surface area contributed by atoms with Crippen LogP contribution in [0, 0.1) is 0 Å². The molecule has 2 rings (SSSR count). The first kappa shape index (κ1) is 18.1. The highest BCUT2D eigenvalue weighted by molar-refractivity contribution is 6.35. The standard InChI is InChI=1S/C16H20ClN3O4/c1-2-24-16(23)20-9-7-19(8-10-20)15(22)14(21)18-11-12-3-5-13(17)6-4-12/h3-6H,2,7-11H2,1H3,(H,18,21). The average Bonchev–Trinajstić information content (AvgIpc) is 2.60. The third-order valence-electron chi connectivity index (χ3n) is 3.65. The number of amides is 3. The molecule has 0 aromatic heterocycles. The van der Waals surface area contributed by atoms with E-state index in [1.807, 2.05) is 0 Å². The molecule has 0 radical (unpaired) electrons. The second kappa shape index (κ2) is 8.54. The van der Waals surface area contributed by atoms with Gasteiger partial charge in [0.2, 0.25) is 0 Å². The van der Waals surface area contributed by atoms with Crippen LogP contribution in [0.15, 0.2) is 24.3 Å². The third kappa shape index (κ3) is 4.86. The van der Waals surface area contributed by atoms with Crippen molar-refractivity contribution in [3.8, 4) is 0 Å². The van der Waals surface area contributed by atoms with Crippen molar-refractivity contribution in [3.05, 3.63) is 34.9 Å². The summed E-state index contributed by atoms with van der Waals surface area (Å²) < 4.78 is 4.92. The predicted molar refractivity (Wildman–Crippen MR) is 88.5 cm³/mol. The zero-order valence-corrected chi connectivity index (χ0v) is 14.2. The van der Waals surface area contributed by atoms with Crippen molar-refractivity contribution >= 4 is 29.5 Å². The quantitative estimate of drug-likeness (QED) is 0.830. The lowest BCUT2D eigenvalue weighted by atomic mass is 10.2. The Morgan fingerprint density at radius 1 is 1.08 bits per heavy atom. The molecule has 0 aliphatic carbocycles. The number of rotatable bonds is 3. The normalized spacial score (nSPS) is 14.2. The molecular weight excluding hydrogens is 334 g/mol. The van der Waals surface area contributed by atoms with E-state index in [-0.39, 0.29) is 6.54 Å². The van der Waals surface area contributed by atoms with Crippen molar-refractivity contribution in [2.24, 2.45) is 0 Å². The molecule has 1 aliphatic rings. The van der Waals surface area contributed by atoms with Crippen molar-refractivity contribution in [3.63, 3.8) is 0 Å². The lowest BCUT2D eigenvalue weighted by Crippen LogP contribution is -2.53. The van der Waals surface area contributed by atoms with Crippen molar-refractivity contribution in [2.45, 2.75) is 13.5 Å². The van der Waals surface area contributed by atoms with Gasteiger partial charge in [-0.2, -0.15) is 0 Å². The molecule has 1 aromatic carbocycles. The first-order valence-electron chi connectivity index (χ1n) is 7.74. The van der Waals surface area contributed by atoms with Crippen LogP contribution in [0.3, 0.4) is 0 Å². The maximum Gasteiger partial charge on any atom is 0.409 e. The minimum Gasteiger partial charge on any atom is -0.450 e. The van der Waals surface area contributed by atoms with Gasteiger partial charge in [-0.15, -0.1) is 0 Å². The molecular formula is C16H20ClN3O4. The van der Waals surface area contributed by atoms with Crippen LogP contribution in [0.2, 0.25) is 5.02 Å². The Morgan fingerprint density at radius 3 is 2.25 bits per heavy atom. The molecule has 7 nitrogen and oxygen atoms in total. The summed E-state index contributed by atoms with van der Waals surface area (Å²) in [5.74, 6) is -1.25. The fourth-order valence-corrected chi connectivity index (χ4v) is 2.44. The molecule has 0 unspecified atom stereocenters. The molecule has 1 fully saturated rings. The van der Waals surface area contributed by atoms with Gasteiger partial charge in [0.25, 0.3) is 0 Å². The van der Waals surface area contributed by atoms with E-state index in [9.17, 15) is 14.4 Å². The van der Waals surface area contributed by atoms with Crippen LogP contribution in [-0.4, -0.2) is 60.5 Å². The van der Waals surface area contributed by atoms with Crippen LogP contribution >= 0.6 is 11.6 Å². The number of benzene rings is 1. The number of piperazine rings is 1. The minimum absolute atomic E-state index is 0.254. The van der Waals surface area contributed by atoms with Crippen LogP contribution in [0.5, 0.6) is 0 Å². The Morgan fingerprint density at radius 2 is 1.67 bits per heavy atom. The Labute approximate surface area is 145 Å². The van der Waals surface area contributed by atoms with E-state index in [1.165, 1.54) is 9.80 Å². The molecule has 8 heteroatoms. The van der Waals surface area contributed by atoms with Gasteiger partial charge in [0, 0.05) is 37.7 Å². The molecule has 1 heterocycles. The second-order valence-electron chi connectivity index (χ2n) is 5.29. The first-order valence-corrected chi connectivity index (χ1v) is 8.12. The Hall–Kier alpha value is -2.28. The summed E-state index contributed by atoms with van der Waals surface area (Å²) in [5, 5.41) is 3.20. The number of nitrogens with one attached hydrogen (secondary N) is 1. The number of carbonyl (C=O) groups is 3. The number of hydrogen-bond donors (Lipinski definition) is 1. The van der Waals surface area contributed by atoms with Crippen LogP contribution in [0.1, 0.15) is 12.5 Å². The smallest absolute Gasteiger partial charge is 0.409 e. The van der Waals surface area contributed by atoms with E-state index in [0.717, 1.165) is 5.56 Å². The Kier molecular flexibility index (Phi) is 6.43. The lowest BCUT2D eigenvalue weighted by Gasteiger charge is -2.33. The summed E-state index contributed by atoms with van der Waals surface area (Å²) in [5.41, 5.74) is 0.854. The molecule has 0 spiro atoms. The van der Waals surface area contributed by atoms with E-state index < -0.39 is 17.9 Å². The SMILES string of the molecule is CCOC(=O)N1CCN(C(=O)C(=O)NCc2ccc(Cl)cc2)CC1. The highest BCUT2D eigenvalue weighted by atomic mass is 35.5. The molecule has 3 amide bonds. The van der Waals surface area contributed by atoms with Crippen LogP contribution < -0.4 is 5.32 Å². The maximum atomic E-state index is 12.1. The van der Waals surface area contributed by atoms with Gasteiger partial charge in [-0.05, 0) is 24.6 Å². The molecule has 0 saturated carbocycles. The third-order valence-corrected chi connectivity index (χ3v) is 3.91. The van der Waals surface area contributed by atoms with E-state index >= 15 is 0 Å². The van der Waals surface area contributed by atoms with Gasteiger partial charge in [-0.25, -0.2) is 4.79 Å². The Balaban J connectivity index is 1.78. The number of hydrogen-bond acceptors (Lipinski definition) is 4. The summed E-state index contributed by atoms with van der Waals surface area (Å²) >= 11 is 5.80. The van der Waals surface area contributed by atoms with E-state index in [4.69, 9.17) is 16.3 Å². The van der Waals surface area contributed by atoms with E-state index in [0.29, 0.717) is 37.8 Å². The summed E-state index contributed by atoms with van der Waals surface area (Å²) in [6.45, 7) is 3.64. The average molecular weight is 354 g/mol. The number of halogens is 1. The zero-order chi connectivity index (χ0) is 17.5. The van der Waals surface area contributed by atoms with Gasteiger partial charge in [0.1, 0.15) is 0 Å². The van der Waals surface area contributed by atoms with Crippen molar-refractivity contribution in [2.75, 3.05) is 32.8 Å². The maximum absolute atomic E-state index is 12.1. The Bertz CT molecular complexity index is 598. The molecule has 0 bridgehead atoms. The molecule has 24 heavy (non-hydrogen) atoms. The van der Waals surface area contributed by atoms with Gasteiger partial charge >= 0.3 is 17.9 Å². The predicted octanol–water partition coefficient (Wildman–Crippen LogP) is 1.26. The molecule has 1 saturated heterocycles. The summed E-state index contributed by atoms with van der Waals surface area (Å²) in [6, 6.07) is 7.01. The van der Waals surface area contributed by atoms with Gasteiger partial charge < -0.3 is 19.9 Å². The van der Waals surface area contributed by atoms with Gasteiger partial charge in [0.05, 0.1) is 6.61 Å². The summed E-state index contributed by atoms with van der Waals surface area (Å²) in [7, 11) is 0. The fraction of sp³-hybridized carbons (Fsp3) is 0.438. The van der Waals surface area contributed by atoms with Gasteiger partial charge in [-0.3, -0.25) is 9.59 Å². The van der Waals surface area contributed by atoms with Crippen molar-refractivity contribution in [1.82, 2.24) is 15.1 Å². The largest absolute Gasteiger partial charge is 0.450 e. The molecule has 1 aliphatic heterocycles. The van der Waals surface area contributed by atoms with Crippen LogP contribution in [0.25, 0.3) is 0 Å². The van der Waals surface area contributed by atoms with E-state index in [2.05, 4.69) is 5.32 Å². The molecule has 1 N–H and O–H groups in total. The first-order chi connectivity index (χ1) is 11.5. The monoisotopic (exact) mass is 353 g/mol. The minimum atomic E-state index is -0.658.